The average molecular weight is 249 g/mol. The van der Waals surface area contributed by atoms with E-state index in [4.69, 9.17) is 15.7 Å². The van der Waals surface area contributed by atoms with Crippen LogP contribution in [0.15, 0.2) is 18.7 Å². The quantitative estimate of drug-likeness (QED) is 0.642. The number of nitrogens with two attached hydrogens (primary N) is 1. The summed E-state index contributed by atoms with van der Waals surface area (Å²) in [6.07, 6.45) is -0.367. The van der Waals surface area contributed by atoms with Crippen LogP contribution in [0.3, 0.4) is 0 Å². The molecule has 17 heavy (non-hydrogen) atoms. The van der Waals surface area contributed by atoms with E-state index in [2.05, 4.69) is 15.2 Å². The molecule has 2 aliphatic rings. The van der Waals surface area contributed by atoms with Gasteiger partial charge in [-0.3, -0.25) is 0 Å². The molecule has 2 rings (SSSR count). The van der Waals surface area contributed by atoms with Gasteiger partial charge in [0.2, 0.25) is 0 Å². The first-order chi connectivity index (χ1) is 7.82. The van der Waals surface area contributed by atoms with Crippen LogP contribution in [0.1, 0.15) is 0 Å². The molecule has 0 aliphatic carbocycles. The summed E-state index contributed by atoms with van der Waals surface area (Å²) in [5.41, 5.74) is 1.50. The fraction of sp³-hybridized carbons (Fsp3) is 0.143. The molecule has 0 aromatic carbocycles. The molecule has 2 heterocycles. The van der Waals surface area contributed by atoms with E-state index in [1.807, 2.05) is 0 Å². The van der Waals surface area contributed by atoms with Crippen LogP contribution < -0.4 is 5.84 Å². The number of carboxylic acid groups (broad SMARTS) is 1. The van der Waals surface area contributed by atoms with Crippen molar-refractivity contribution in [2.24, 2.45) is 0 Å². The Hall–Kier alpha value is -2.39. The van der Waals surface area contributed by atoms with Crippen molar-refractivity contribution in [1.82, 2.24) is 19.9 Å². The van der Waals surface area contributed by atoms with E-state index in [0.29, 0.717) is 5.69 Å². The molecule has 92 valence electrons. The van der Waals surface area contributed by atoms with Gasteiger partial charge >= 0.3 is 12.1 Å². The second kappa shape index (κ2) is 4.63. The van der Waals surface area contributed by atoms with E-state index >= 15 is 0 Å². The Morgan fingerprint density at radius 2 is 2.00 bits per heavy atom. The third kappa shape index (κ3) is 3.29. The van der Waals surface area contributed by atoms with Gasteiger partial charge in [0.15, 0.2) is 0 Å². The van der Waals surface area contributed by atoms with Gasteiger partial charge < -0.3 is 10.9 Å². The molecule has 0 bridgehead atoms. The number of aromatic nitrogens is 4. The molecule has 2 aliphatic heterocycles. The van der Waals surface area contributed by atoms with Crippen molar-refractivity contribution in [2.45, 2.75) is 6.18 Å². The molecule has 0 unspecified atom stereocenters. The molecule has 0 atom stereocenters. The Labute approximate surface area is 92.0 Å². The Bertz CT molecular complexity index is 483. The predicted molar refractivity (Wildman–Crippen MR) is 48.3 cm³/mol. The van der Waals surface area contributed by atoms with E-state index in [1.54, 1.807) is 12.4 Å². The minimum Gasteiger partial charge on any atom is -0.475 e. The van der Waals surface area contributed by atoms with Gasteiger partial charge in [-0.05, 0) is 0 Å². The van der Waals surface area contributed by atoms with Gasteiger partial charge in [-0.15, -0.1) is 5.10 Å². The molecule has 0 saturated carbocycles. The molecule has 0 radical (unpaired) electrons. The van der Waals surface area contributed by atoms with E-state index < -0.39 is 12.1 Å². The number of hydrogen-bond donors (Lipinski definition) is 2. The van der Waals surface area contributed by atoms with Gasteiger partial charge in [-0.1, -0.05) is 0 Å². The summed E-state index contributed by atoms with van der Waals surface area (Å²) in [5.74, 6) is 2.72. The monoisotopic (exact) mass is 249 g/mol. The molecule has 0 spiro atoms. The smallest absolute Gasteiger partial charge is 0.475 e. The largest absolute Gasteiger partial charge is 0.490 e. The van der Waals surface area contributed by atoms with Crippen molar-refractivity contribution in [3.63, 3.8) is 0 Å². The second-order valence-corrected chi connectivity index (χ2v) is 2.72. The number of nitrogens with zero attached hydrogens (tertiary/aromatic N) is 4. The van der Waals surface area contributed by atoms with Gasteiger partial charge in [0.1, 0.15) is 17.7 Å². The maximum atomic E-state index is 10.6. The maximum absolute atomic E-state index is 10.6. The van der Waals surface area contributed by atoms with E-state index in [1.165, 1.54) is 11.0 Å². The highest BCUT2D eigenvalue weighted by atomic mass is 19.4. The van der Waals surface area contributed by atoms with Crippen LogP contribution in [0, 0.1) is 0 Å². The Kier molecular flexibility index (Phi) is 3.46. The van der Waals surface area contributed by atoms with Crippen molar-refractivity contribution in [3.05, 3.63) is 18.7 Å². The lowest BCUT2D eigenvalue weighted by atomic mass is 10.4. The lowest BCUT2D eigenvalue weighted by Crippen LogP contribution is -2.21. The number of carbonyl (C=O) groups is 1. The number of carboxylic acids is 1. The summed E-state index contributed by atoms with van der Waals surface area (Å²) in [6, 6.07) is 0. The van der Waals surface area contributed by atoms with Gasteiger partial charge in [0.25, 0.3) is 0 Å². The minimum absolute atomic E-state index is 0.713. The van der Waals surface area contributed by atoms with Crippen molar-refractivity contribution >= 4 is 5.97 Å². The molecule has 10 heteroatoms. The minimum atomic E-state index is -5.08. The van der Waals surface area contributed by atoms with Crippen molar-refractivity contribution in [2.75, 3.05) is 5.84 Å². The van der Waals surface area contributed by atoms with E-state index in [0.717, 1.165) is 5.69 Å². The fourth-order valence-corrected chi connectivity index (χ4v) is 0.792. The van der Waals surface area contributed by atoms with Crippen LogP contribution >= 0.6 is 0 Å². The lowest BCUT2D eigenvalue weighted by molar-refractivity contribution is -0.192. The standard InChI is InChI=1S/C5H5N5.C2HF3O2/c6-10-3-7-1-4-5(10)2-8-9-4;3-2(4,5)1(6)7/h1-3H,6H2;(H,6,7). The molecule has 0 saturated heterocycles. The molecule has 0 aromatic rings. The van der Waals surface area contributed by atoms with Crippen LogP contribution in [-0.4, -0.2) is 37.1 Å². The number of alkyl halides is 3. The number of halogens is 3. The molecule has 0 amide bonds. The first kappa shape index (κ1) is 12.7. The van der Waals surface area contributed by atoms with Crippen LogP contribution in [0.25, 0.3) is 11.4 Å². The Morgan fingerprint density at radius 1 is 1.41 bits per heavy atom. The normalized spacial score (nSPS) is 10.8. The molecular weight excluding hydrogens is 243 g/mol. The SMILES string of the molecule is Nn1cncc2nncc1-2.O=C(O)C(F)(F)F. The Morgan fingerprint density at radius 3 is 2.47 bits per heavy atom. The summed E-state index contributed by atoms with van der Waals surface area (Å²) in [5, 5.41) is 14.6. The molecule has 7 nitrogen and oxygen atoms in total. The zero-order valence-electron chi connectivity index (χ0n) is 8.09. The lowest BCUT2D eigenvalue weighted by Gasteiger charge is -2.00. The highest BCUT2D eigenvalue weighted by Crippen LogP contribution is 2.13. The predicted octanol–water partition coefficient (Wildman–Crippen LogP) is 0.125. The second-order valence-electron chi connectivity index (χ2n) is 2.72. The average Bonchev–Trinajstić information content (AvgIpc) is 2.66. The van der Waals surface area contributed by atoms with Crippen LogP contribution in [0.5, 0.6) is 0 Å². The first-order valence-corrected chi connectivity index (χ1v) is 4.01. The van der Waals surface area contributed by atoms with Gasteiger partial charge in [0.05, 0.1) is 12.4 Å². The Balaban J connectivity index is 0.000000185. The summed E-state index contributed by atoms with van der Waals surface area (Å²) >= 11 is 0. The van der Waals surface area contributed by atoms with Gasteiger partial charge in [-0.25, -0.2) is 14.5 Å². The number of rotatable bonds is 0. The van der Waals surface area contributed by atoms with Gasteiger partial charge in [0, 0.05) is 0 Å². The fourth-order valence-electron chi connectivity index (χ4n) is 0.792. The highest BCUT2D eigenvalue weighted by molar-refractivity contribution is 5.73. The zero-order chi connectivity index (χ0) is 13.1. The third-order valence-corrected chi connectivity index (χ3v) is 1.52. The molecular formula is C7H6F3N5O2. The summed E-state index contributed by atoms with van der Waals surface area (Å²) in [4.78, 5) is 12.7. The van der Waals surface area contributed by atoms with Gasteiger partial charge in [-0.2, -0.15) is 18.3 Å². The number of aliphatic carboxylic acids is 1. The van der Waals surface area contributed by atoms with Crippen molar-refractivity contribution < 1.29 is 23.1 Å². The zero-order valence-corrected chi connectivity index (χ0v) is 8.09. The summed E-state index contributed by atoms with van der Waals surface area (Å²) in [7, 11) is 0. The van der Waals surface area contributed by atoms with Crippen LogP contribution in [-0.2, 0) is 4.79 Å². The molecule has 0 fully saturated rings. The summed E-state index contributed by atoms with van der Waals surface area (Å²) in [6.45, 7) is 0. The molecule has 0 aromatic heterocycles. The molecule has 3 N–H and O–H groups in total. The maximum Gasteiger partial charge on any atom is 0.490 e. The highest BCUT2D eigenvalue weighted by Gasteiger charge is 2.38. The third-order valence-electron chi connectivity index (χ3n) is 1.52. The van der Waals surface area contributed by atoms with E-state index in [-0.39, 0.29) is 0 Å². The number of hydrogen-bond acceptors (Lipinski definition) is 5. The first-order valence-electron chi connectivity index (χ1n) is 4.01. The van der Waals surface area contributed by atoms with E-state index in [9.17, 15) is 13.2 Å². The van der Waals surface area contributed by atoms with Crippen molar-refractivity contribution in [3.8, 4) is 11.4 Å². The topological polar surface area (TPSA) is 107 Å². The van der Waals surface area contributed by atoms with Crippen LogP contribution in [0.4, 0.5) is 13.2 Å². The summed E-state index contributed by atoms with van der Waals surface area (Å²) < 4.78 is 33.1. The number of nitrogen functional groups attached to an aromatic ring is 1. The number of fused-ring (bicyclic) bond motifs is 1. The van der Waals surface area contributed by atoms with Crippen LogP contribution in [0.2, 0.25) is 0 Å². The van der Waals surface area contributed by atoms with Crippen molar-refractivity contribution in [1.29, 1.82) is 0 Å².